The molecule has 0 aliphatic carbocycles. The molecule has 0 radical (unpaired) electrons. The van der Waals surface area contributed by atoms with E-state index in [9.17, 15) is 0 Å². The average molecular weight is 797 g/mol. The number of nitrogens with zero attached hydrogens (tertiary/aromatic N) is 6. The van der Waals surface area contributed by atoms with Crippen molar-refractivity contribution in [2.75, 3.05) is 0 Å². The number of fused-ring (bicyclic) bond motifs is 2. The van der Waals surface area contributed by atoms with Gasteiger partial charge in [0.25, 0.3) is 0 Å². The number of aromatic nitrogens is 6. The highest BCUT2D eigenvalue weighted by atomic mass is 16.5. The minimum absolute atomic E-state index is 0.600. The zero-order chi connectivity index (χ0) is 41.3. The first-order valence-electron chi connectivity index (χ1n) is 20.5. The summed E-state index contributed by atoms with van der Waals surface area (Å²) in [6.07, 6.45) is 3.59. The Morgan fingerprint density at radius 3 is 1.16 bits per heavy atom. The van der Waals surface area contributed by atoms with Crippen molar-refractivity contribution < 1.29 is 4.74 Å². The van der Waals surface area contributed by atoms with Gasteiger partial charge in [-0.3, -0.25) is 9.97 Å². The number of rotatable bonds is 8. The Balaban J connectivity index is 1.06. The summed E-state index contributed by atoms with van der Waals surface area (Å²) in [5.41, 5.74) is 11.5. The highest BCUT2D eigenvalue weighted by molar-refractivity contribution is 5.77. The van der Waals surface area contributed by atoms with Crippen LogP contribution in [0.1, 0.15) is 22.3 Å². The molecule has 0 unspecified atom stereocenters. The van der Waals surface area contributed by atoms with Crippen LogP contribution in [0.3, 0.4) is 0 Å². The van der Waals surface area contributed by atoms with Gasteiger partial charge in [-0.2, -0.15) is 0 Å². The lowest BCUT2D eigenvalue weighted by Crippen LogP contribution is -2.34. The van der Waals surface area contributed by atoms with E-state index >= 15 is 0 Å². The quantitative estimate of drug-likeness (QED) is 0.151. The summed E-state index contributed by atoms with van der Waals surface area (Å²) in [4.78, 5) is 29.2. The maximum Gasteiger partial charge on any atom is 0.164 e. The van der Waals surface area contributed by atoms with E-state index in [1.807, 2.05) is 109 Å². The van der Waals surface area contributed by atoms with Gasteiger partial charge in [-0.1, -0.05) is 158 Å². The molecule has 10 aromatic rings. The molecule has 0 amide bonds. The van der Waals surface area contributed by atoms with Gasteiger partial charge >= 0.3 is 0 Å². The zero-order valence-corrected chi connectivity index (χ0v) is 33.4. The van der Waals surface area contributed by atoms with Gasteiger partial charge in [-0.05, 0) is 70.8 Å². The van der Waals surface area contributed by atoms with E-state index in [1.165, 1.54) is 0 Å². The molecule has 62 heavy (non-hydrogen) atoms. The van der Waals surface area contributed by atoms with Crippen LogP contribution in [0.25, 0.3) is 68.1 Å². The summed E-state index contributed by atoms with van der Waals surface area (Å²) in [7, 11) is 0. The van der Waals surface area contributed by atoms with Crippen molar-refractivity contribution in [1.82, 2.24) is 29.9 Å². The monoisotopic (exact) mass is 796 g/mol. The Morgan fingerprint density at radius 1 is 0.306 bits per heavy atom. The van der Waals surface area contributed by atoms with Gasteiger partial charge in [-0.15, -0.1) is 0 Å². The minimum atomic E-state index is -0.734. The Morgan fingerprint density at radius 2 is 0.710 bits per heavy atom. The van der Waals surface area contributed by atoms with E-state index < -0.39 is 5.41 Å². The van der Waals surface area contributed by atoms with E-state index in [1.54, 1.807) is 12.4 Å². The molecule has 0 N–H and O–H groups in total. The smallest absolute Gasteiger partial charge is 0.164 e. The maximum atomic E-state index is 6.64. The molecule has 1 aliphatic heterocycles. The predicted octanol–water partition coefficient (Wildman–Crippen LogP) is 12.5. The molecule has 0 spiro atoms. The van der Waals surface area contributed by atoms with Gasteiger partial charge in [-0.25, -0.2) is 19.9 Å². The Bertz CT molecular complexity index is 2850. The lowest BCUT2D eigenvalue weighted by atomic mass is 9.63. The fraction of sp³-hybridized carbons (Fsp3) is 0.0182. The summed E-state index contributed by atoms with van der Waals surface area (Å²) in [6.45, 7) is 0. The van der Waals surface area contributed by atoms with Gasteiger partial charge in [0.15, 0.2) is 17.5 Å². The van der Waals surface area contributed by atoms with E-state index in [4.69, 9.17) is 24.7 Å². The van der Waals surface area contributed by atoms with Crippen molar-refractivity contribution in [3.63, 3.8) is 0 Å². The fourth-order valence-electron chi connectivity index (χ4n) is 8.49. The standard InChI is InChI=1S/C55H36N6O/c1-3-15-38(16-4-1)52-59-53(39-17-5-2-6-18-39)61-54(60-52)40-27-31-43(32-28-40)55(44-19-7-9-23-50(44)62-51-24-10-8-20-45(51)55)42-29-25-37(26-30-42)41-35-48(46-21-11-13-33-56-46)58-49(36-41)47-22-12-14-34-57-47/h1-36H. The first-order chi connectivity index (χ1) is 30.7. The third-order valence-electron chi connectivity index (χ3n) is 11.4. The molecule has 11 rings (SSSR count). The number of para-hydroxylation sites is 2. The summed E-state index contributed by atoms with van der Waals surface area (Å²) < 4.78 is 6.64. The molecule has 5 heterocycles. The Hall–Kier alpha value is -8.42. The predicted molar refractivity (Wildman–Crippen MR) is 244 cm³/mol. The molecule has 0 fully saturated rings. The highest BCUT2D eigenvalue weighted by Gasteiger charge is 2.45. The molecule has 0 atom stereocenters. The molecule has 0 bridgehead atoms. The van der Waals surface area contributed by atoms with E-state index in [0.29, 0.717) is 17.5 Å². The van der Waals surface area contributed by atoms with Crippen molar-refractivity contribution in [3.05, 3.63) is 241 Å². The van der Waals surface area contributed by atoms with Crippen LogP contribution < -0.4 is 4.74 Å². The number of benzene rings is 6. The fourth-order valence-corrected chi connectivity index (χ4v) is 8.49. The molecule has 0 saturated carbocycles. The van der Waals surface area contributed by atoms with Gasteiger partial charge in [0.05, 0.1) is 28.2 Å². The summed E-state index contributed by atoms with van der Waals surface area (Å²) in [5.74, 6) is 3.46. The van der Waals surface area contributed by atoms with Crippen LogP contribution in [0.15, 0.2) is 219 Å². The van der Waals surface area contributed by atoms with Crippen LogP contribution in [0.5, 0.6) is 11.5 Å². The molecule has 4 aromatic heterocycles. The minimum Gasteiger partial charge on any atom is -0.457 e. The van der Waals surface area contributed by atoms with Crippen LogP contribution in [-0.2, 0) is 5.41 Å². The molecule has 1 aliphatic rings. The third-order valence-corrected chi connectivity index (χ3v) is 11.4. The van der Waals surface area contributed by atoms with Gasteiger partial charge < -0.3 is 4.74 Å². The largest absolute Gasteiger partial charge is 0.457 e. The highest BCUT2D eigenvalue weighted by Crippen LogP contribution is 2.55. The summed E-state index contributed by atoms with van der Waals surface area (Å²) in [6, 6.07) is 70.3. The van der Waals surface area contributed by atoms with Gasteiger partial charge in [0.1, 0.15) is 11.5 Å². The molecule has 6 aromatic carbocycles. The van der Waals surface area contributed by atoms with E-state index in [0.717, 1.165) is 84.3 Å². The van der Waals surface area contributed by atoms with Crippen molar-refractivity contribution in [2.24, 2.45) is 0 Å². The number of ether oxygens (including phenoxy) is 1. The van der Waals surface area contributed by atoms with Gasteiger partial charge in [0, 0.05) is 40.2 Å². The molecular weight excluding hydrogens is 761 g/mol. The lowest BCUT2D eigenvalue weighted by Gasteiger charge is -2.41. The molecule has 7 nitrogen and oxygen atoms in total. The maximum absolute atomic E-state index is 6.64. The Kier molecular flexibility index (Phi) is 9.24. The normalized spacial score (nSPS) is 12.5. The third kappa shape index (κ3) is 6.58. The Labute approximate surface area is 359 Å². The first kappa shape index (κ1) is 36.6. The van der Waals surface area contributed by atoms with Crippen LogP contribution in [0.2, 0.25) is 0 Å². The molecule has 292 valence electrons. The second kappa shape index (κ2) is 15.6. The van der Waals surface area contributed by atoms with Crippen molar-refractivity contribution in [1.29, 1.82) is 0 Å². The number of pyridine rings is 3. The van der Waals surface area contributed by atoms with Gasteiger partial charge in [0.2, 0.25) is 0 Å². The molecule has 7 heteroatoms. The van der Waals surface area contributed by atoms with Crippen molar-refractivity contribution in [2.45, 2.75) is 5.41 Å². The van der Waals surface area contributed by atoms with Crippen molar-refractivity contribution in [3.8, 4) is 79.6 Å². The molecular formula is C55H36N6O. The van der Waals surface area contributed by atoms with Crippen molar-refractivity contribution >= 4 is 0 Å². The zero-order valence-electron chi connectivity index (χ0n) is 33.4. The summed E-state index contributed by atoms with van der Waals surface area (Å²) >= 11 is 0. The van der Waals surface area contributed by atoms with Crippen LogP contribution >= 0.6 is 0 Å². The van der Waals surface area contributed by atoms with E-state index in [2.05, 4.69) is 107 Å². The topological polar surface area (TPSA) is 86.6 Å². The molecule has 0 saturated heterocycles. The second-order valence-electron chi connectivity index (χ2n) is 15.1. The SMILES string of the molecule is c1ccc(-c2nc(-c3ccccc3)nc(-c3ccc(C4(c5ccc(-c6cc(-c7ccccn7)nc(-c7ccccn7)c6)cc5)c5ccccc5Oc5ccccc54)cc3)n2)cc1. The van der Waals surface area contributed by atoms with Crippen LogP contribution in [0.4, 0.5) is 0 Å². The lowest BCUT2D eigenvalue weighted by molar-refractivity contribution is 0.434. The van der Waals surface area contributed by atoms with Crippen LogP contribution in [-0.4, -0.2) is 29.9 Å². The number of hydrogen-bond acceptors (Lipinski definition) is 7. The second-order valence-corrected chi connectivity index (χ2v) is 15.1. The first-order valence-corrected chi connectivity index (χ1v) is 20.5. The van der Waals surface area contributed by atoms with E-state index in [-0.39, 0.29) is 0 Å². The number of hydrogen-bond donors (Lipinski definition) is 0. The van der Waals surface area contributed by atoms with Crippen LogP contribution in [0, 0.1) is 0 Å². The average Bonchev–Trinajstić information content (AvgIpc) is 3.36. The summed E-state index contributed by atoms with van der Waals surface area (Å²) in [5, 5.41) is 0.